The first-order valence-corrected chi connectivity index (χ1v) is 6.42. The Hall–Kier alpha value is -1.61. The Labute approximate surface area is 107 Å². The van der Waals surface area contributed by atoms with Crippen molar-refractivity contribution in [2.75, 3.05) is 6.61 Å². The normalized spacial score (nSPS) is 12.6. The van der Waals surface area contributed by atoms with Crippen molar-refractivity contribution >= 4 is 10.9 Å². The zero-order valence-electron chi connectivity index (χ0n) is 10.7. The zero-order valence-corrected chi connectivity index (χ0v) is 10.7. The lowest BCUT2D eigenvalue weighted by Crippen LogP contribution is -2.12. The van der Waals surface area contributed by atoms with Crippen LogP contribution in [0.4, 0.5) is 0 Å². The van der Waals surface area contributed by atoms with Crippen LogP contribution in [0.5, 0.6) is 5.75 Å². The summed E-state index contributed by atoms with van der Waals surface area (Å²) in [4.78, 5) is 4.31. The number of aromatic nitrogens is 1. The van der Waals surface area contributed by atoms with Gasteiger partial charge in [0, 0.05) is 18.2 Å². The summed E-state index contributed by atoms with van der Waals surface area (Å²) in [6.07, 6.45) is 4.71. The molecule has 2 aromatic rings. The molecule has 1 N–H and O–H groups in total. The third-order valence-corrected chi connectivity index (χ3v) is 2.96. The lowest BCUT2D eigenvalue weighted by atomic mass is 10.1. The van der Waals surface area contributed by atoms with Crippen molar-refractivity contribution < 1.29 is 9.84 Å². The molecule has 0 saturated heterocycles. The average molecular weight is 245 g/mol. The number of fused-ring (bicyclic) bond motifs is 1. The molecular weight excluding hydrogens is 226 g/mol. The maximum atomic E-state index is 8.76. The third-order valence-electron chi connectivity index (χ3n) is 2.96. The predicted molar refractivity (Wildman–Crippen MR) is 72.8 cm³/mol. The van der Waals surface area contributed by atoms with E-state index in [9.17, 15) is 0 Å². The third kappa shape index (κ3) is 3.20. The molecule has 0 bridgehead atoms. The van der Waals surface area contributed by atoms with Crippen LogP contribution in [0, 0.1) is 0 Å². The molecule has 0 aliphatic carbocycles. The van der Waals surface area contributed by atoms with Gasteiger partial charge in [-0.3, -0.25) is 4.98 Å². The second kappa shape index (κ2) is 6.36. The molecule has 0 amide bonds. The highest BCUT2D eigenvalue weighted by Crippen LogP contribution is 2.25. The highest BCUT2D eigenvalue weighted by atomic mass is 16.5. The van der Waals surface area contributed by atoms with Gasteiger partial charge in [-0.1, -0.05) is 12.1 Å². The van der Waals surface area contributed by atoms with Crippen LogP contribution in [-0.2, 0) is 0 Å². The molecule has 0 spiro atoms. The summed E-state index contributed by atoms with van der Waals surface area (Å²) < 4.78 is 5.95. The molecule has 1 heterocycles. The van der Waals surface area contributed by atoms with Gasteiger partial charge in [-0.05, 0) is 44.4 Å². The largest absolute Gasteiger partial charge is 0.490 e. The predicted octanol–water partition coefficient (Wildman–Crippen LogP) is 3.16. The first-order valence-electron chi connectivity index (χ1n) is 6.42. The summed E-state index contributed by atoms with van der Waals surface area (Å²) in [5, 5.41) is 9.81. The van der Waals surface area contributed by atoms with E-state index in [4.69, 9.17) is 9.84 Å². The second-order valence-electron chi connectivity index (χ2n) is 4.47. The van der Waals surface area contributed by atoms with E-state index in [1.54, 1.807) is 6.20 Å². The molecule has 0 saturated carbocycles. The zero-order chi connectivity index (χ0) is 12.8. The Balaban J connectivity index is 2.07. The van der Waals surface area contributed by atoms with Crippen LogP contribution in [0.3, 0.4) is 0 Å². The fourth-order valence-corrected chi connectivity index (χ4v) is 1.99. The molecule has 1 unspecified atom stereocenters. The second-order valence-corrected chi connectivity index (χ2v) is 4.47. The van der Waals surface area contributed by atoms with Crippen LogP contribution in [0.15, 0.2) is 36.5 Å². The minimum absolute atomic E-state index is 0.155. The number of ether oxygens (including phenoxy) is 1. The fourth-order valence-electron chi connectivity index (χ4n) is 1.99. The highest BCUT2D eigenvalue weighted by molar-refractivity contribution is 5.84. The van der Waals surface area contributed by atoms with Crippen LogP contribution in [0.2, 0.25) is 0 Å². The quantitative estimate of drug-likeness (QED) is 0.795. The summed E-state index contributed by atoms with van der Waals surface area (Å²) in [6.45, 7) is 2.32. The van der Waals surface area contributed by atoms with E-state index in [-0.39, 0.29) is 12.7 Å². The van der Waals surface area contributed by atoms with Crippen molar-refractivity contribution in [3.63, 3.8) is 0 Å². The van der Waals surface area contributed by atoms with Gasteiger partial charge in [0.1, 0.15) is 5.75 Å². The van der Waals surface area contributed by atoms with Gasteiger partial charge in [-0.25, -0.2) is 0 Å². The van der Waals surface area contributed by atoms with Gasteiger partial charge in [-0.15, -0.1) is 0 Å². The van der Waals surface area contributed by atoms with Gasteiger partial charge in [0.15, 0.2) is 0 Å². The van der Waals surface area contributed by atoms with Gasteiger partial charge >= 0.3 is 0 Å². The summed E-state index contributed by atoms with van der Waals surface area (Å²) in [6, 6.07) is 9.89. The van der Waals surface area contributed by atoms with Crippen LogP contribution in [-0.4, -0.2) is 22.8 Å². The molecular formula is C15H19NO2. The molecule has 3 nitrogen and oxygen atoms in total. The number of rotatable bonds is 6. The van der Waals surface area contributed by atoms with Crippen molar-refractivity contribution in [3.05, 3.63) is 36.5 Å². The fraction of sp³-hybridized carbons (Fsp3) is 0.400. The minimum Gasteiger partial charge on any atom is -0.490 e. The molecule has 1 atom stereocenters. The van der Waals surface area contributed by atoms with Gasteiger partial charge in [0.2, 0.25) is 0 Å². The lowest BCUT2D eigenvalue weighted by Gasteiger charge is -2.15. The van der Waals surface area contributed by atoms with Crippen molar-refractivity contribution in [2.45, 2.75) is 32.3 Å². The Morgan fingerprint density at radius 2 is 2.06 bits per heavy atom. The maximum Gasteiger partial charge on any atom is 0.130 e. The topological polar surface area (TPSA) is 42.4 Å². The number of hydrogen-bond donors (Lipinski definition) is 1. The van der Waals surface area contributed by atoms with Crippen LogP contribution < -0.4 is 4.74 Å². The molecule has 0 radical (unpaired) electrons. The number of pyridine rings is 1. The first-order chi connectivity index (χ1) is 8.81. The molecule has 0 fully saturated rings. The van der Waals surface area contributed by atoms with Gasteiger partial charge in [-0.2, -0.15) is 0 Å². The van der Waals surface area contributed by atoms with Crippen molar-refractivity contribution in [2.24, 2.45) is 0 Å². The Bertz CT molecular complexity index is 493. The molecule has 2 rings (SSSR count). The van der Waals surface area contributed by atoms with E-state index in [2.05, 4.69) is 11.9 Å². The Morgan fingerprint density at radius 3 is 2.89 bits per heavy atom. The van der Waals surface area contributed by atoms with E-state index in [0.29, 0.717) is 0 Å². The average Bonchev–Trinajstić information content (AvgIpc) is 2.39. The molecule has 1 aromatic heterocycles. The summed E-state index contributed by atoms with van der Waals surface area (Å²) in [5.41, 5.74) is 0.956. The van der Waals surface area contributed by atoms with E-state index in [0.717, 1.165) is 35.9 Å². The smallest absolute Gasteiger partial charge is 0.130 e. The maximum absolute atomic E-state index is 8.76. The molecule has 0 aliphatic heterocycles. The van der Waals surface area contributed by atoms with E-state index in [1.165, 1.54) is 0 Å². The summed E-state index contributed by atoms with van der Waals surface area (Å²) in [5.74, 6) is 0.886. The molecule has 18 heavy (non-hydrogen) atoms. The van der Waals surface area contributed by atoms with Gasteiger partial charge in [0.25, 0.3) is 0 Å². The van der Waals surface area contributed by atoms with Crippen LogP contribution in [0.1, 0.15) is 26.2 Å². The van der Waals surface area contributed by atoms with E-state index >= 15 is 0 Å². The van der Waals surface area contributed by atoms with Crippen LogP contribution >= 0.6 is 0 Å². The summed E-state index contributed by atoms with van der Waals surface area (Å²) >= 11 is 0. The van der Waals surface area contributed by atoms with Crippen LogP contribution in [0.25, 0.3) is 10.9 Å². The molecule has 1 aromatic carbocycles. The van der Waals surface area contributed by atoms with E-state index in [1.807, 2.05) is 30.3 Å². The van der Waals surface area contributed by atoms with Crippen molar-refractivity contribution in [1.29, 1.82) is 0 Å². The van der Waals surface area contributed by atoms with E-state index < -0.39 is 0 Å². The first kappa shape index (κ1) is 12.8. The number of aliphatic hydroxyl groups is 1. The number of benzene rings is 1. The minimum atomic E-state index is 0.155. The van der Waals surface area contributed by atoms with Gasteiger partial charge < -0.3 is 9.84 Å². The number of nitrogens with zero attached hydrogens (tertiary/aromatic N) is 1. The number of unbranched alkanes of at least 4 members (excludes halogenated alkanes) is 1. The standard InChI is InChI=1S/C15H19NO2/c1-12(6-4-5-11-17)18-15-9-10-16-14-8-3-2-7-13(14)15/h2-3,7-10,12,17H,4-6,11H2,1H3. The van der Waals surface area contributed by atoms with Gasteiger partial charge in [0.05, 0.1) is 11.6 Å². The number of aliphatic hydroxyl groups excluding tert-OH is 1. The summed E-state index contributed by atoms with van der Waals surface area (Å²) in [7, 11) is 0. The SMILES string of the molecule is CC(CCCCO)Oc1ccnc2ccccc12. The molecule has 0 aliphatic rings. The lowest BCUT2D eigenvalue weighted by molar-refractivity contribution is 0.201. The monoisotopic (exact) mass is 245 g/mol. The highest BCUT2D eigenvalue weighted by Gasteiger charge is 2.07. The number of para-hydroxylation sites is 1. The Morgan fingerprint density at radius 1 is 1.22 bits per heavy atom. The number of hydrogen-bond acceptors (Lipinski definition) is 3. The van der Waals surface area contributed by atoms with Crippen molar-refractivity contribution in [3.8, 4) is 5.75 Å². The Kier molecular flexibility index (Phi) is 4.53. The molecule has 96 valence electrons. The molecule has 3 heteroatoms. The van der Waals surface area contributed by atoms with Crippen molar-refractivity contribution in [1.82, 2.24) is 4.98 Å².